The maximum Gasteiger partial charge on any atom is 0.187 e. The summed E-state index contributed by atoms with van der Waals surface area (Å²) >= 11 is 0. The highest BCUT2D eigenvalue weighted by Gasteiger charge is 2.52. The van der Waals surface area contributed by atoms with Crippen LogP contribution in [-0.4, -0.2) is 217 Å². The van der Waals surface area contributed by atoms with E-state index in [2.05, 4.69) is 0 Å². The van der Waals surface area contributed by atoms with Gasteiger partial charge in [-0.2, -0.15) is 0 Å². The monoisotopic (exact) mass is 678 g/mol. The van der Waals surface area contributed by atoms with E-state index in [-0.39, 0.29) is 6.61 Å². The van der Waals surface area contributed by atoms with Crippen LogP contribution >= 0.6 is 0 Å². The Bertz CT molecular complexity index is 965. The van der Waals surface area contributed by atoms with Crippen molar-refractivity contribution in [1.82, 2.24) is 0 Å². The molecule has 5 rings (SSSR count). The molecule has 1 unspecified atom stereocenters. The van der Waals surface area contributed by atoms with Gasteiger partial charge in [-0.25, -0.2) is 0 Å². The average molecular weight is 679 g/mol. The summed E-state index contributed by atoms with van der Waals surface area (Å²) in [4.78, 5) is 0. The van der Waals surface area contributed by atoms with E-state index < -0.39 is 149 Å². The van der Waals surface area contributed by atoms with Gasteiger partial charge in [0.1, 0.15) is 91.6 Å². The molecule has 21 nitrogen and oxygen atoms in total. The van der Waals surface area contributed by atoms with Crippen LogP contribution in [0.25, 0.3) is 0 Å². The SMILES string of the molecule is OC[C@@H]1O[C@@H](O[C@@H]2[C@@H](O)[C@H](O[C@@H]3CO[C@@H](O[C@@H]4COC(O)[C@H](O)[C@H]4O)[C@H](O)[C@H]3O)OC[C@H]2O[C@@H]2OC[C@@H](O)[C@H](O)[C@H]2O)[C@H](O)[C@H]1O. The van der Waals surface area contributed by atoms with Gasteiger partial charge in [-0.15, -0.1) is 0 Å². The molecule has 0 radical (unpaired) electrons. The Labute approximate surface area is 260 Å². The Morgan fingerprint density at radius 1 is 0.435 bits per heavy atom. The molecule has 0 saturated carbocycles. The van der Waals surface area contributed by atoms with Crippen molar-refractivity contribution >= 4 is 0 Å². The molecule has 0 aromatic rings. The Hall–Kier alpha value is -0.840. The van der Waals surface area contributed by atoms with Crippen molar-refractivity contribution in [2.45, 2.75) is 123 Å². The molecule has 12 N–H and O–H groups in total. The molecule has 46 heavy (non-hydrogen) atoms. The number of aliphatic hydroxyl groups excluding tert-OH is 12. The molecule has 5 heterocycles. The van der Waals surface area contributed by atoms with Crippen LogP contribution in [0, 0.1) is 0 Å². The molecule has 5 saturated heterocycles. The fraction of sp³-hybridized carbons (Fsp3) is 1.00. The second-order valence-electron chi connectivity index (χ2n) is 11.7. The van der Waals surface area contributed by atoms with Gasteiger partial charge in [0.15, 0.2) is 31.5 Å². The zero-order valence-electron chi connectivity index (χ0n) is 24.1. The van der Waals surface area contributed by atoms with E-state index in [1.807, 2.05) is 0 Å². The first kappa shape index (κ1) is 36.4. The first-order valence-electron chi connectivity index (χ1n) is 14.7. The first-order chi connectivity index (χ1) is 21.8. The zero-order chi connectivity index (χ0) is 33.4. The molecular formula is C25H42O21. The van der Waals surface area contributed by atoms with Crippen LogP contribution in [0.15, 0.2) is 0 Å². The van der Waals surface area contributed by atoms with Crippen molar-refractivity contribution < 1.29 is 104 Å². The molecule has 5 fully saturated rings. The minimum Gasteiger partial charge on any atom is -0.394 e. The maximum absolute atomic E-state index is 11.3. The van der Waals surface area contributed by atoms with Crippen LogP contribution in [0.3, 0.4) is 0 Å². The van der Waals surface area contributed by atoms with E-state index in [9.17, 15) is 61.3 Å². The van der Waals surface area contributed by atoms with Crippen LogP contribution in [-0.2, 0) is 42.6 Å². The van der Waals surface area contributed by atoms with Gasteiger partial charge in [0, 0.05) is 0 Å². The molecule has 20 atom stereocenters. The van der Waals surface area contributed by atoms with Gasteiger partial charge in [0.25, 0.3) is 0 Å². The van der Waals surface area contributed by atoms with Crippen molar-refractivity contribution in [1.29, 1.82) is 0 Å². The Balaban J connectivity index is 1.24. The van der Waals surface area contributed by atoms with Crippen LogP contribution in [0.1, 0.15) is 0 Å². The molecule has 268 valence electrons. The van der Waals surface area contributed by atoms with Crippen LogP contribution < -0.4 is 0 Å². The Kier molecular flexibility index (Phi) is 12.2. The van der Waals surface area contributed by atoms with Crippen molar-refractivity contribution in [2.75, 3.05) is 33.0 Å². The third-order valence-corrected chi connectivity index (χ3v) is 8.47. The van der Waals surface area contributed by atoms with Crippen molar-refractivity contribution in [3.05, 3.63) is 0 Å². The molecule has 5 aliphatic rings. The van der Waals surface area contributed by atoms with Crippen molar-refractivity contribution in [3.63, 3.8) is 0 Å². The van der Waals surface area contributed by atoms with Gasteiger partial charge in [0.05, 0.1) is 33.0 Å². The largest absolute Gasteiger partial charge is 0.394 e. The highest BCUT2D eigenvalue weighted by Crippen LogP contribution is 2.32. The minimum absolute atomic E-state index is 0.368. The molecule has 21 heteroatoms. The van der Waals surface area contributed by atoms with E-state index in [0.717, 1.165) is 0 Å². The lowest BCUT2D eigenvalue weighted by Gasteiger charge is -2.45. The van der Waals surface area contributed by atoms with Crippen molar-refractivity contribution in [2.24, 2.45) is 0 Å². The lowest BCUT2D eigenvalue weighted by molar-refractivity contribution is -0.367. The number of hydrogen-bond acceptors (Lipinski definition) is 21. The molecular weight excluding hydrogens is 636 g/mol. The van der Waals surface area contributed by atoms with E-state index >= 15 is 0 Å². The second kappa shape index (κ2) is 15.4. The predicted octanol–water partition coefficient (Wildman–Crippen LogP) is -8.73. The second-order valence-corrected chi connectivity index (χ2v) is 11.7. The van der Waals surface area contributed by atoms with Crippen molar-refractivity contribution in [3.8, 4) is 0 Å². The summed E-state index contributed by atoms with van der Waals surface area (Å²) in [6.07, 6.45) is -31.3. The van der Waals surface area contributed by atoms with Crippen LogP contribution in [0.5, 0.6) is 0 Å². The Morgan fingerprint density at radius 3 is 1.52 bits per heavy atom. The van der Waals surface area contributed by atoms with Gasteiger partial charge < -0.3 is 104 Å². The summed E-state index contributed by atoms with van der Waals surface area (Å²) in [6, 6.07) is 0. The normalized spacial score (nSPS) is 53.7. The minimum atomic E-state index is -1.82. The van der Waals surface area contributed by atoms with E-state index in [0.29, 0.717) is 0 Å². The molecule has 0 spiro atoms. The smallest absolute Gasteiger partial charge is 0.187 e. The van der Waals surface area contributed by atoms with E-state index in [1.165, 1.54) is 0 Å². The highest BCUT2D eigenvalue weighted by molar-refractivity contribution is 4.94. The van der Waals surface area contributed by atoms with Crippen LogP contribution in [0.2, 0.25) is 0 Å². The van der Waals surface area contributed by atoms with E-state index in [1.54, 1.807) is 0 Å². The summed E-state index contributed by atoms with van der Waals surface area (Å²) in [5.74, 6) is 0. The number of hydrogen-bond donors (Lipinski definition) is 12. The quantitative estimate of drug-likeness (QED) is 0.108. The summed E-state index contributed by atoms with van der Waals surface area (Å²) in [5.41, 5.74) is 0. The third-order valence-electron chi connectivity index (χ3n) is 8.47. The first-order valence-corrected chi connectivity index (χ1v) is 14.7. The molecule has 0 bridgehead atoms. The van der Waals surface area contributed by atoms with Gasteiger partial charge >= 0.3 is 0 Å². The van der Waals surface area contributed by atoms with Gasteiger partial charge in [-0.3, -0.25) is 0 Å². The maximum atomic E-state index is 11.3. The summed E-state index contributed by atoms with van der Waals surface area (Å²) in [6.45, 7) is -2.37. The molecule has 0 aliphatic carbocycles. The topological polar surface area (TPSA) is 326 Å². The van der Waals surface area contributed by atoms with Gasteiger partial charge in [-0.05, 0) is 0 Å². The highest BCUT2D eigenvalue weighted by atomic mass is 16.8. The predicted molar refractivity (Wildman–Crippen MR) is 136 cm³/mol. The molecule has 5 aliphatic heterocycles. The third kappa shape index (κ3) is 7.50. The van der Waals surface area contributed by atoms with Gasteiger partial charge in [-0.1, -0.05) is 0 Å². The number of ether oxygens (including phenoxy) is 9. The number of rotatable bonds is 9. The zero-order valence-corrected chi connectivity index (χ0v) is 24.1. The van der Waals surface area contributed by atoms with Crippen LogP contribution in [0.4, 0.5) is 0 Å². The number of aliphatic hydroxyl groups is 12. The summed E-state index contributed by atoms with van der Waals surface area (Å²) in [7, 11) is 0. The molecule has 0 aromatic carbocycles. The average Bonchev–Trinajstić information content (AvgIpc) is 3.31. The van der Waals surface area contributed by atoms with E-state index in [4.69, 9.17) is 42.6 Å². The summed E-state index contributed by atoms with van der Waals surface area (Å²) in [5, 5.41) is 122. The Morgan fingerprint density at radius 2 is 0.913 bits per heavy atom. The standard InChI is InChI=1S/C25H42O21/c26-1-7-12(29)18(35)25(42-7)46-20-10(45-22-16(33)11(28)6(27)2-39-22)5-41-24(19(20)36)44-9-4-40-23(17(34)14(9)31)43-8-3-38-21(37)15(32)13(8)30/h6-37H,1-5H2/t6-,7+,8-,9-,10-,11+,12+,13+,14+,15-,16-,17-,18-,19-,20+,21?,22+,23+,24+,25+/m1/s1. The molecule has 0 amide bonds. The van der Waals surface area contributed by atoms with Gasteiger partial charge in [0.2, 0.25) is 0 Å². The fourth-order valence-corrected chi connectivity index (χ4v) is 5.62. The lowest BCUT2D eigenvalue weighted by atomic mass is 10.0. The molecule has 0 aromatic heterocycles. The lowest BCUT2D eigenvalue weighted by Crippen LogP contribution is -2.63. The summed E-state index contributed by atoms with van der Waals surface area (Å²) < 4.78 is 49.1. The fourth-order valence-electron chi connectivity index (χ4n) is 5.62.